The van der Waals surface area contributed by atoms with Gasteiger partial charge in [0.15, 0.2) is 0 Å². The third kappa shape index (κ3) is 3.48. The molecule has 2 N–H and O–H groups in total. The Balaban J connectivity index is 1.90. The van der Waals surface area contributed by atoms with Crippen molar-refractivity contribution in [2.24, 2.45) is 23.5 Å². The lowest BCUT2D eigenvalue weighted by atomic mass is 9.72. The molecule has 2 rings (SSSR count). The third-order valence-corrected chi connectivity index (χ3v) is 4.88. The highest BCUT2D eigenvalue weighted by Crippen LogP contribution is 2.34. The van der Waals surface area contributed by atoms with Gasteiger partial charge in [-0.15, -0.1) is 0 Å². The summed E-state index contributed by atoms with van der Waals surface area (Å²) in [5.41, 5.74) is 6.14. The minimum absolute atomic E-state index is 0.0950. The Hall–Kier alpha value is -0.610. The van der Waals surface area contributed by atoms with Gasteiger partial charge in [-0.25, -0.2) is 0 Å². The molecule has 1 aliphatic heterocycles. The van der Waals surface area contributed by atoms with Crippen LogP contribution in [-0.4, -0.2) is 43.2 Å². The van der Waals surface area contributed by atoms with E-state index in [4.69, 9.17) is 10.5 Å². The topological polar surface area (TPSA) is 55.6 Å². The van der Waals surface area contributed by atoms with Gasteiger partial charge in [-0.3, -0.25) is 4.79 Å². The highest BCUT2D eigenvalue weighted by molar-refractivity contribution is 5.79. The van der Waals surface area contributed by atoms with Crippen LogP contribution in [0.25, 0.3) is 0 Å². The van der Waals surface area contributed by atoms with Crippen molar-refractivity contribution in [2.75, 3.05) is 20.2 Å². The van der Waals surface area contributed by atoms with Crippen LogP contribution in [0.4, 0.5) is 0 Å². The molecule has 0 aromatic carbocycles. The summed E-state index contributed by atoms with van der Waals surface area (Å²) in [6.45, 7) is 5.95. The summed E-state index contributed by atoms with van der Waals surface area (Å²) in [7, 11) is 1.90. The average molecular weight is 268 g/mol. The molecule has 4 nitrogen and oxygen atoms in total. The van der Waals surface area contributed by atoms with Crippen LogP contribution in [0.3, 0.4) is 0 Å². The van der Waals surface area contributed by atoms with Crippen molar-refractivity contribution < 1.29 is 9.53 Å². The third-order valence-electron chi connectivity index (χ3n) is 4.88. The fourth-order valence-corrected chi connectivity index (χ4v) is 3.49. The van der Waals surface area contributed by atoms with E-state index in [0.29, 0.717) is 11.8 Å². The summed E-state index contributed by atoms with van der Waals surface area (Å²) in [6, 6.07) is 0.168. The summed E-state index contributed by atoms with van der Waals surface area (Å²) < 4.78 is 5.61. The molecule has 0 bridgehead atoms. The highest BCUT2D eigenvalue weighted by atomic mass is 16.5. The average Bonchev–Trinajstić information content (AvgIpc) is 2.85. The number of hydrogen-bond donors (Lipinski definition) is 1. The van der Waals surface area contributed by atoms with E-state index in [2.05, 4.69) is 13.8 Å². The van der Waals surface area contributed by atoms with E-state index in [1.165, 1.54) is 0 Å². The summed E-state index contributed by atoms with van der Waals surface area (Å²) in [6.07, 6.45) is 4.33. The quantitative estimate of drug-likeness (QED) is 0.846. The number of likely N-dealkylation sites (N-methyl/N-ethyl adjacent to an activating group) is 1. The van der Waals surface area contributed by atoms with E-state index in [1.54, 1.807) is 0 Å². The minimum Gasteiger partial charge on any atom is -0.376 e. The number of nitrogens with zero attached hydrogens (tertiary/aromatic N) is 1. The van der Waals surface area contributed by atoms with Crippen molar-refractivity contribution >= 4 is 5.91 Å². The van der Waals surface area contributed by atoms with Gasteiger partial charge in [0.2, 0.25) is 5.91 Å². The van der Waals surface area contributed by atoms with Gasteiger partial charge in [0, 0.05) is 32.2 Å². The maximum Gasteiger partial charge on any atom is 0.225 e. The van der Waals surface area contributed by atoms with Crippen LogP contribution < -0.4 is 5.73 Å². The number of rotatable bonds is 3. The van der Waals surface area contributed by atoms with Crippen LogP contribution in [0.15, 0.2) is 0 Å². The monoisotopic (exact) mass is 268 g/mol. The van der Waals surface area contributed by atoms with Crippen LogP contribution in [0, 0.1) is 17.8 Å². The van der Waals surface area contributed by atoms with E-state index < -0.39 is 0 Å². The SMILES string of the molecule is CC1CC(C)C(C(=O)N(C)CC2CCCO2)CC1N. The molecule has 0 spiro atoms. The predicted molar refractivity (Wildman–Crippen MR) is 75.6 cm³/mol. The molecule has 0 aromatic rings. The molecule has 2 fully saturated rings. The maximum absolute atomic E-state index is 12.6. The largest absolute Gasteiger partial charge is 0.376 e. The lowest BCUT2D eigenvalue weighted by Crippen LogP contribution is -2.46. The summed E-state index contributed by atoms with van der Waals surface area (Å²) in [4.78, 5) is 14.4. The molecule has 1 saturated carbocycles. The van der Waals surface area contributed by atoms with Crippen molar-refractivity contribution in [2.45, 2.75) is 51.7 Å². The Bertz CT molecular complexity index is 315. The van der Waals surface area contributed by atoms with Crippen molar-refractivity contribution in [3.8, 4) is 0 Å². The molecule has 0 radical (unpaired) electrons. The van der Waals surface area contributed by atoms with Gasteiger partial charge in [-0.1, -0.05) is 13.8 Å². The summed E-state index contributed by atoms with van der Waals surface area (Å²) in [5, 5.41) is 0. The van der Waals surface area contributed by atoms with E-state index in [9.17, 15) is 4.79 Å². The molecule has 0 aromatic heterocycles. The van der Waals surface area contributed by atoms with Gasteiger partial charge in [-0.05, 0) is 37.5 Å². The molecule has 110 valence electrons. The second-order valence-corrected chi connectivity index (χ2v) is 6.55. The predicted octanol–water partition coefficient (Wildman–Crippen LogP) is 1.63. The molecular formula is C15H28N2O2. The first kappa shape index (κ1) is 14.8. The van der Waals surface area contributed by atoms with Gasteiger partial charge in [0.05, 0.1) is 6.10 Å². The normalized spacial score (nSPS) is 39.3. The molecule has 1 saturated heterocycles. The van der Waals surface area contributed by atoms with Crippen LogP contribution in [0.2, 0.25) is 0 Å². The lowest BCUT2D eigenvalue weighted by Gasteiger charge is -2.38. The van der Waals surface area contributed by atoms with Gasteiger partial charge in [-0.2, -0.15) is 0 Å². The zero-order valence-electron chi connectivity index (χ0n) is 12.5. The number of carbonyl (C=O) groups excluding carboxylic acids is 1. The van der Waals surface area contributed by atoms with Crippen molar-refractivity contribution in [3.63, 3.8) is 0 Å². The second kappa shape index (κ2) is 6.23. The van der Waals surface area contributed by atoms with Gasteiger partial charge < -0.3 is 15.4 Å². The molecule has 1 aliphatic carbocycles. The number of amides is 1. The molecule has 1 amide bonds. The minimum atomic E-state index is 0.0950. The van der Waals surface area contributed by atoms with Crippen LogP contribution in [-0.2, 0) is 9.53 Å². The summed E-state index contributed by atoms with van der Waals surface area (Å²) in [5.74, 6) is 1.32. The van der Waals surface area contributed by atoms with Crippen molar-refractivity contribution in [1.29, 1.82) is 0 Å². The number of carbonyl (C=O) groups is 1. The Kier molecular flexibility index (Phi) is 4.85. The standard InChI is InChI=1S/C15H28N2O2/c1-10-7-11(2)14(16)8-13(10)15(18)17(3)9-12-5-4-6-19-12/h10-14H,4-9,16H2,1-3H3. The Morgan fingerprint density at radius 2 is 2.05 bits per heavy atom. The molecule has 1 heterocycles. The fraction of sp³-hybridized carbons (Fsp3) is 0.933. The molecule has 5 unspecified atom stereocenters. The van der Waals surface area contributed by atoms with Crippen molar-refractivity contribution in [3.05, 3.63) is 0 Å². The van der Waals surface area contributed by atoms with Crippen LogP contribution in [0.1, 0.15) is 39.5 Å². The molecule has 4 heteroatoms. The zero-order valence-corrected chi connectivity index (χ0v) is 12.5. The maximum atomic E-state index is 12.6. The fourth-order valence-electron chi connectivity index (χ4n) is 3.49. The Labute approximate surface area is 116 Å². The molecule has 19 heavy (non-hydrogen) atoms. The van der Waals surface area contributed by atoms with Gasteiger partial charge in [0.25, 0.3) is 0 Å². The number of ether oxygens (including phenoxy) is 1. The first-order chi connectivity index (χ1) is 8.99. The highest BCUT2D eigenvalue weighted by Gasteiger charge is 2.36. The second-order valence-electron chi connectivity index (χ2n) is 6.55. The smallest absolute Gasteiger partial charge is 0.225 e. The van der Waals surface area contributed by atoms with Crippen LogP contribution >= 0.6 is 0 Å². The lowest BCUT2D eigenvalue weighted by molar-refractivity contribution is -0.139. The Morgan fingerprint density at radius 3 is 2.68 bits per heavy atom. The zero-order chi connectivity index (χ0) is 14.0. The summed E-state index contributed by atoms with van der Waals surface area (Å²) >= 11 is 0. The first-order valence-corrected chi connectivity index (χ1v) is 7.61. The molecule has 2 aliphatic rings. The van der Waals surface area contributed by atoms with Gasteiger partial charge >= 0.3 is 0 Å². The van der Waals surface area contributed by atoms with E-state index in [0.717, 1.165) is 38.8 Å². The van der Waals surface area contributed by atoms with E-state index >= 15 is 0 Å². The number of nitrogens with two attached hydrogens (primary N) is 1. The number of hydrogen-bond acceptors (Lipinski definition) is 3. The first-order valence-electron chi connectivity index (χ1n) is 7.61. The molecular weight excluding hydrogens is 240 g/mol. The van der Waals surface area contributed by atoms with E-state index in [1.807, 2.05) is 11.9 Å². The Morgan fingerprint density at radius 1 is 1.32 bits per heavy atom. The molecule has 5 atom stereocenters. The van der Waals surface area contributed by atoms with E-state index in [-0.39, 0.29) is 24.0 Å². The van der Waals surface area contributed by atoms with Crippen LogP contribution in [0.5, 0.6) is 0 Å². The van der Waals surface area contributed by atoms with Crippen molar-refractivity contribution in [1.82, 2.24) is 4.90 Å². The van der Waals surface area contributed by atoms with Gasteiger partial charge in [0.1, 0.15) is 0 Å².